The Kier molecular flexibility index (Phi) is 8.03. The number of rotatable bonds is 7. The first-order valence-electron chi connectivity index (χ1n) is 14.8. The molecule has 3 aliphatic rings. The van der Waals surface area contributed by atoms with E-state index in [4.69, 9.17) is 4.74 Å². The smallest absolute Gasteiger partial charge is 0.271 e. The van der Waals surface area contributed by atoms with Crippen molar-refractivity contribution in [3.63, 3.8) is 0 Å². The minimum Gasteiger partial charge on any atom is -0.497 e. The summed E-state index contributed by atoms with van der Waals surface area (Å²) in [6.07, 6.45) is 8.99. The Balaban J connectivity index is 1.41. The topological polar surface area (TPSA) is 66.8 Å². The third kappa shape index (κ3) is 5.45. The third-order valence-electron chi connectivity index (χ3n) is 9.12. The van der Waals surface area contributed by atoms with Crippen LogP contribution in [0.2, 0.25) is 0 Å². The predicted octanol–water partition coefficient (Wildman–Crippen LogP) is 5.07. The molecule has 7 nitrogen and oxygen atoms in total. The zero-order valence-corrected chi connectivity index (χ0v) is 23.8. The highest BCUT2D eigenvalue weighted by Crippen LogP contribution is 2.34. The standard InChI is InChI=1S/C31H46N4O3/c1-22-16-23(2)20-33(19-22)14-9-15-35-29(36)28-17-24-12-13-26(38-4)18-27(24)34(28)21-31(35,3)30(37)32-25-10-7-5-6-8-11-25/h12-13,17-18,22-23,25H,5-11,14-16,19-21H2,1-4H3,(H,32,37)/t22-,23+,31-/m0/s1. The van der Waals surface area contributed by atoms with Crippen molar-refractivity contribution < 1.29 is 14.3 Å². The molecule has 2 aromatic rings. The number of fused-ring (bicyclic) bond motifs is 3. The van der Waals surface area contributed by atoms with Crippen LogP contribution in [0.3, 0.4) is 0 Å². The first-order chi connectivity index (χ1) is 18.3. The number of methoxy groups -OCH3 is 1. The summed E-state index contributed by atoms with van der Waals surface area (Å²) in [5, 5.41) is 4.38. The van der Waals surface area contributed by atoms with Crippen LogP contribution in [0.15, 0.2) is 24.3 Å². The van der Waals surface area contributed by atoms with E-state index in [0.717, 1.165) is 68.4 Å². The molecule has 2 aliphatic heterocycles. The molecule has 0 spiro atoms. The summed E-state index contributed by atoms with van der Waals surface area (Å²) in [4.78, 5) is 32.5. The fourth-order valence-corrected chi connectivity index (χ4v) is 7.20. The van der Waals surface area contributed by atoms with Gasteiger partial charge in [0.15, 0.2) is 0 Å². The zero-order chi connectivity index (χ0) is 26.9. The van der Waals surface area contributed by atoms with Crippen molar-refractivity contribution in [2.45, 2.75) is 90.3 Å². The van der Waals surface area contributed by atoms with Crippen molar-refractivity contribution in [2.75, 3.05) is 33.3 Å². The lowest BCUT2D eigenvalue weighted by Crippen LogP contribution is -2.65. The molecule has 0 bridgehead atoms. The first-order valence-corrected chi connectivity index (χ1v) is 14.8. The second kappa shape index (κ2) is 11.3. The second-order valence-corrected chi connectivity index (χ2v) is 12.5. The van der Waals surface area contributed by atoms with Gasteiger partial charge in [-0.05, 0) is 69.2 Å². The molecular weight excluding hydrogens is 476 g/mol. The van der Waals surface area contributed by atoms with E-state index in [1.807, 2.05) is 40.7 Å². The zero-order valence-electron chi connectivity index (χ0n) is 23.8. The van der Waals surface area contributed by atoms with Crippen molar-refractivity contribution in [1.29, 1.82) is 0 Å². The van der Waals surface area contributed by atoms with Crippen LogP contribution in [-0.2, 0) is 11.3 Å². The van der Waals surface area contributed by atoms with Gasteiger partial charge < -0.3 is 24.4 Å². The van der Waals surface area contributed by atoms with Gasteiger partial charge in [0.25, 0.3) is 5.91 Å². The average molecular weight is 523 g/mol. The van der Waals surface area contributed by atoms with Crippen LogP contribution in [0.25, 0.3) is 10.9 Å². The van der Waals surface area contributed by atoms with Crippen LogP contribution in [0.1, 0.15) is 82.6 Å². The third-order valence-corrected chi connectivity index (χ3v) is 9.12. The van der Waals surface area contributed by atoms with Gasteiger partial charge in [-0.2, -0.15) is 0 Å². The van der Waals surface area contributed by atoms with Crippen LogP contribution in [-0.4, -0.2) is 71.1 Å². The molecule has 0 unspecified atom stereocenters. The number of amides is 2. The maximum absolute atomic E-state index is 14.1. The van der Waals surface area contributed by atoms with Crippen LogP contribution in [0.5, 0.6) is 5.75 Å². The lowest BCUT2D eigenvalue weighted by atomic mass is 9.91. The maximum Gasteiger partial charge on any atom is 0.271 e. The molecule has 1 aromatic carbocycles. The van der Waals surface area contributed by atoms with E-state index in [9.17, 15) is 9.59 Å². The van der Waals surface area contributed by atoms with E-state index in [-0.39, 0.29) is 17.9 Å². The second-order valence-electron chi connectivity index (χ2n) is 12.5. The predicted molar refractivity (Wildman–Crippen MR) is 152 cm³/mol. The molecule has 1 saturated heterocycles. The van der Waals surface area contributed by atoms with Gasteiger partial charge in [-0.3, -0.25) is 9.59 Å². The summed E-state index contributed by atoms with van der Waals surface area (Å²) >= 11 is 0. The average Bonchev–Trinajstić information content (AvgIpc) is 3.04. The summed E-state index contributed by atoms with van der Waals surface area (Å²) in [7, 11) is 1.66. The molecule has 1 saturated carbocycles. The van der Waals surface area contributed by atoms with E-state index in [1.165, 1.54) is 19.3 Å². The normalized spacial score (nSPS) is 27.3. The van der Waals surface area contributed by atoms with Crippen molar-refractivity contribution in [1.82, 2.24) is 19.7 Å². The van der Waals surface area contributed by atoms with E-state index >= 15 is 0 Å². The Morgan fingerprint density at radius 2 is 1.76 bits per heavy atom. The summed E-state index contributed by atoms with van der Waals surface area (Å²) in [5.74, 6) is 2.10. The highest BCUT2D eigenvalue weighted by atomic mass is 16.5. The number of ether oxygens (including phenoxy) is 1. The number of likely N-dealkylation sites (tertiary alicyclic amines) is 1. The molecule has 38 heavy (non-hydrogen) atoms. The number of hydrogen-bond acceptors (Lipinski definition) is 4. The molecular formula is C31H46N4O3. The molecule has 2 amide bonds. The fourth-order valence-electron chi connectivity index (χ4n) is 7.20. The van der Waals surface area contributed by atoms with Gasteiger partial charge in [-0.25, -0.2) is 0 Å². The van der Waals surface area contributed by atoms with E-state index in [1.54, 1.807) is 7.11 Å². The van der Waals surface area contributed by atoms with Gasteiger partial charge in [-0.1, -0.05) is 39.5 Å². The number of hydrogen-bond donors (Lipinski definition) is 1. The van der Waals surface area contributed by atoms with Gasteiger partial charge >= 0.3 is 0 Å². The number of carbonyl (C=O) groups excluding carboxylic acids is 2. The van der Waals surface area contributed by atoms with E-state index < -0.39 is 5.54 Å². The SMILES string of the molecule is COc1ccc2cc3n(c2c1)C[C@@](C)(C(=O)NC1CCCCCC1)N(CCCN1C[C@H](C)C[C@H](C)C1)C3=O. The fraction of sp³-hybridized carbons (Fsp3) is 0.677. The monoisotopic (exact) mass is 522 g/mol. The number of nitrogens with zero attached hydrogens (tertiary/aromatic N) is 3. The molecule has 3 atom stereocenters. The van der Waals surface area contributed by atoms with E-state index in [2.05, 4.69) is 24.1 Å². The summed E-state index contributed by atoms with van der Waals surface area (Å²) in [5.41, 5.74) is 0.652. The highest BCUT2D eigenvalue weighted by molar-refractivity contribution is 6.03. The van der Waals surface area contributed by atoms with Crippen LogP contribution in [0, 0.1) is 11.8 Å². The number of piperidine rings is 1. The highest BCUT2D eigenvalue weighted by Gasteiger charge is 2.48. The summed E-state index contributed by atoms with van der Waals surface area (Å²) < 4.78 is 7.51. The van der Waals surface area contributed by atoms with E-state index in [0.29, 0.717) is 30.6 Å². The van der Waals surface area contributed by atoms with Crippen LogP contribution in [0.4, 0.5) is 0 Å². The lowest BCUT2D eigenvalue weighted by Gasteiger charge is -2.45. The molecule has 1 N–H and O–H groups in total. The maximum atomic E-state index is 14.1. The van der Waals surface area contributed by atoms with Crippen molar-refractivity contribution >= 4 is 22.7 Å². The van der Waals surface area contributed by atoms with Crippen molar-refractivity contribution in [3.8, 4) is 5.75 Å². The number of nitrogens with one attached hydrogen (secondary N) is 1. The van der Waals surface area contributed by atoms with Crippen LogP contribution >= 0.6 is 0 Å². The molecule has 2 fully saturated rings. The number of carbonyl (C=O) groups is 2. The largest absolute Gasteiger partial charge is 0.497 e. The Bertz CT molecular complexity index is 1140. The van der Waals surface area contributed by atoms with Gasteiger partial charge in [-0.15, -0.1) is 0 Å². The van der Waals surface area contributed by atoms with Gasteiger partial charge in [0.1, 0.15) is 17.0 Å². The molecule has 1 aliphatic carbocycles. The quantitative estimate of drug-likeness (QED) is 0.516. The van der Waals surface area contributed by atoms with Crippen LogP contribution < -0.4 is 10.1 Å². The minimum absolute atomic E-state index is 0.0200. The Morgan fingerprint density at radius 1 is 1.05 bits per heavy atom. The number of aromatic nitrogens is 1. The molecule has 5 rings (SSSR count). The van der Waals surface area contributed by atoms with Crippen molar-refractivity contribution in [2.24, 2.45) is 11.8 Å². The molecule has 7 heteroatoms. The molecule has 1 aromatic heterocycles. The van der Waals surface area contributed by atoms with Gasteiger partial charge in [0.05, 0.1) is 19.2 Å². The van der Waals surface area contributed by atoms with Crippen molar-refractivity contribution in [3.05, 3.63) is 30.0 Å². The summed E-state index contributed by atoms with van der Waals surface area (Å²) in [6.45, 7) is 10.9. The minimum atomic E-state index is -0.951. The Morgan fingerprint density at radius 3 is 2.45 bits per heavy atom. The Labute approximate surface area is 227 Å². The molecule has 0 radical (unpaired) electrons. The molecule has 208 valence electrons. The number of benzene rings is 1. The molecule has 3 heterocycles. The van der Waals surface area contributed by atoms with Gasteiger partial charge in [0.2, 0.25) is 5.91 Å². The lowest BCUT2D eigenvalue weighted by molar-refractivity contribution is -0.133. The summed E-state index contributed by atoms with van der Waals surface area (Å²) in [6, 6.07) is 8.07. The Hall–Kier alpha value is -2.54. The first kappa shape index (κ1) is 27.0. The van der Waals surface area contributed by atoms with Gasteiger partial charge in [0, 0.05) is 37.1 Å².